The molecule has 0 bridgehead atoms. The number of hydrogen-bond donors (Lipinski definition) is 0. The number of rotatable bonds is 3. The van der Waals surface area contributed by atoms with Crippen molar-refractivity contribution >= 4 is 33.5 Å². The van der Waals surface area contributed by atoms with Crippen molar-refractivity contribution in [3.8, 4) is 11.4 Å². The van der Waals surface area contributed by atoms with Crippen molar-refractivity contribution in [1.29, 1.82) is 0 Å². The van der Waals surface area contributed by atoms with Crippen LogP contribution in [0.25, 0.3) is 21.9 Å². The predicted octanol–water partition coefficient (Wildman–Crippen LogP) is 3.59. The summed E-state index contributed by atoms with van der Waals surface area (Å²) in [6.07, 6.45) is 0. The summed E-state index contributed by atoms with van der Waals surface area (Å²) in [5.74, 6) is 0.316. The largest absolute Gasteiger partial charge is 0.303 e. The quantitative estimate of drug-likeness (QED) is 0.421. The van der Waals surface area contributed by atoms with Crippen molar-refractivity contribution in [1.82, 2.24) is 14.6 Å². The zero-order chi connectivity index (χ0) is 22.5. The Balaban J connectivity index is 1.49. The molecule has 5 aromatic rings. The molecule has 0 spiro atoms. The van der Waals surface area contributed by atoms with E-state index < -0.39 is 0 Å². The molecule has 0 radical (unpaired) electrons. The lowest BCUT2D eigenvalue weighted by Gasteiger charge is -2.17. The van der Waals surface area contributed by atoms with E-state index >= 15 is 0 Å². The molecule has 1 aliphatic rings. The Kier molecular flexibility index (Phi) is 4.45. The van der Waals surface area contributed by atoms with E-state index in [1.807, 2.05) is 85.8 Å². The van der Waals surface area contributed by atoms with Gasteiger partial charge in [-0.3, -0.25) is 9.59 Å². The van der Waals surface area contributed by atoms with Crippen molar-refractivity contribution in [2.45, 2.75) is 13.5 Å². The number of aromatic nitrogens is 3. The van der Waals surface area contributed by atoms with Crippen LogP contribution >= 0.6 is 11.3 Å². The highest BCUT2D eigenvalue weighted by Gasteiger charge is 2.34. The van der Waals surface area contributed by atoms with Gasteiger partial charge in [-0.15, -0.1) is 5.10 Å². The van der Waals surface area contributed by atoms with Crippen LogP contribution in [-0.2, 0) is 11.3 Å². The SMILES string of the molecule is Cc1ccc(CN2C(=O)/C(=c3\sc4nc(-c5ccccc5)nn4c3=O)c3ccccc32)cc1. The molecule has 0 fully saturated rings. The topological polar surface area (TPSA) is 67.6 Å². The monoisotopic (exact) mass is 450 g/mol. The average molecular weight is 451 g/mol. The Bertz CT molecular complexity index is 1640. The second kappa shape index (κ2) is 7.50. The Morgan fingerprint density at radius 3 is 2.36 bits per heavy atom. The lowest BCUT2D eigenvalue weighted by molar-refractivity contribution is -0.113. The predicted molar refractivity (Wildman–Crippen MR) is 129 cm³/mol. The van der Waals surface area contributed by atoms with E-state index in [1.54, 1.807) is 4.90 Å². The number of aryl methyl sites for hydroxylation is 1. The van der Waals surface area contributed by atoms with Gasteiger partial charge in [-0.25, -0.2) is 0 Å². The maximum atomic E-state index is 13.6. The van der Waals surface area contributed by atoms with E-state index in [0.29, 0.717) is 27.4 Å². The van der Waals surface area contributed by atoms with Gasteiger partial charge in [0.1, 0.15) is 4.53 Å². The van der Waals surface area contributed by atoms with Gasteiger partial charge in [0.25, 0.3) is 11.5 Å². The lowest BCUT2D eigenvalue weighted by Crippen LogP contribution is -2.32. The van der Waals surface area contributed by atoms with E-state index in [0.717, 1.165) is 22.4 Å². The summed E-state index contributed by atoms with van der Waals surface area (Å²) < 4.78 is 1.67. The fraction of sp³-hybridized carbons (Fsp3) is 0.0769. The Morgan fingerprint density at radius 2 is 1.61 bits per heavy atom. The van der Waals surface area contributed by atoms with Crippen LogP contribution in [0.3, 0.4) is 0 Å². The third kappa shape index (κ3) is 3.16. The average Bonchev–Trinajstić information content (AvgIpc) is 3.47. The van der Waals surface area contributed by atoms with Gasteiger partial charge < -0.3 is 4.90 Å². The van der Waals surface area contributed by atoms with E-state index in [-0.39, 0.29) is 11.5 Å². The maximum Gasteiger partial charge on any atom is 0.291 e. The number of nitrogens with zero attached hydrogens (tertiary/aromatic N) is 4. The normalized spacial score (nSPS) is 14.8. The molecule has 1 aliphatic heterocycles. The number of anilines is 1. The minimum absolute atomic E-state index is 0.179. The Labute approximate surface area is 193 Å². The molecular weight excluding hydrogens is 432 g/mol. The smallest absolute Gasteiger partial charge is 0.291 e. The third-order valence-corrected chi connectivity index (χ3v) is 6.83. The molecule has 0 aliphatic carbocycles. The second-order valence-electron chi connectivity index (χ2n) is 8.00. The van der Waals surface area contributed by atoms with E-state index in [2.05, 4.69) is 10.1 Å². The summed E-state index contributed by atoms with van der Waals surface area (Å²) in [6.45, 7) is 2.47. The van der Waals surface area contributed by atoms with Crippen molar-refractivity contribution in [3.05, 3.63) is 110 Å². The standard InChI is InChI=1S/C26H18N4O2S/c1-16-11-13-17(14-12-16)15-29-20-10-6-5-9-19(20)21(24(29)31)22-25(32)30-26(33-22)27-23(28-30)18-7-3-2-4-8-18/h2-14H,15H2,1H3/b22-21-. The number of carbonyl (C=O) groups is 1. The van der Waals surface area contributed by atoms with E-state index in [4.69, 9.17) is 0 Å². The van der Waals surface area contributed by atoms with Gasteiger partial charge in [0.05, 0.1) is 17.8 Å². The molecule has 1 amide bonds. The van der Waals surface area contributed by atoms with Crippen molar-refractivity contribution in [2.24, 2.45) is 0 Å². The Hall–Kier alpha value is -4.10. The fourth-order valence-electron chi connectivity index (χ4n) is 4.13. The summed E-state index contributed by atoms with van der Waals surface area (Å²) in [6, 6.07) is 25.2. The summed E-state index contributed by atoms with van der Waals surface area (Å²) in [4.78, 5) is 33.6. The molecule has 0 atom stereocenters. The van der Waals surface area contributed by atoms with Gasteiger partial charge in [-0.05, 0) is 18.6 Å². The number of benzene rings is 3. The van der Waals surface area contributed by atoms with Gasteiger partial charge in [0.15, 0.2) is 5.82 Å². The lowest BCUT2D eigenvalue weighted by atomic mass is 10.1. The molecule has 160 valence electrons. The molecule has 0 N–H and O–H groups in total. The first-order valence-electron chi connectivity index (χ1n) is 10.6. The number of thiazole rings is 1. The molecule has 0 saturated carbocycles. The molecule has 2 aromatic heterocycles. The highest BCUT2D eigenvalue weighted by Crippen LogP contribution is 2.36. The van der Waals surface area contributed by atoms with Crippen LogP contribution in [0.15, 0.2) is 83.7 Å². The van der Waals surface area contributed by atoms with Gasteiger partial charge in [0, 0.05) is 11.1 Å². The van der Waals surface area contributed by atoms with Crippen LogP contribution in [-0.4, -0.2) is 20.5 Å². The van der Waals surface area contributed by atoms with Gasteiger partial charge in [0.2, 0.25) is 4.96 Å². The molecule has 6 nitrogen and oxygen atoms in total. The summed E-state index contributed by atoms with van der Waals surface area (Å²) in [5.41, 5.74) is 4.71. The molecule has 7 heteroatoms. The molecular formula is C26H18N4O2S. The minimum Gasteiger partial charge on any atom is -0.303 e. The van der Waals surface area contributed by atoms with E-state index in [9.17, 15) is 9.59 Å². The number of hydrogen-bond acceptors (Lipinski definition) is 5. The summed E-state index contributed by atoms with van der Waals surface area (Å²) in [7, 11) is 0. The van der Waals surface area contributed by atoms with Crippen molar-refractivity contribution < 1.29 is 4.79 Å². The van der Waals surface area contributed by atoms with Crippen LogP contribution in [0.1, 0.15) is 16.7 Å². The second-order valence-corrected chi connectivity index (χ2v) is 8.98. The summed E-state index contributed by atoms with van der Waals surface area (Å²) in [5, 5.41) is 4.42. The number of carbonyl (C=O) groups excluding carboxylic acids is 1. The molecule has 6 rings (SSSR count). The first-order chi connectivity index (χ1) is 16.1. The minimum atomic E-state index is -0.319. The first-order valence-corrected chi connectivity index (χ1v) is 11.4. The first kappa shape index (κ1) is 19.6. The van der Waals surface area contributed by atoms with Crippen LogP contribution in [0, 0.1) is 6.92 Å². The zero-order valence-electron chi connectivity index (χ0n) is 17.7. The van der Waals surface area contributed by atoms with Gasteiger partial charge in [-0.1, -0.05) is 89.7 Å². The molecule has 33 heavy (non-hydrogen) atoms. The molecule has 0 saturated heterocycles. The van der Waals surface area contributed by atoms with Crippen LogP contribution in [0.5, 0.6) is 0 Å². The summed E-state index contributed by atoms with van der Waals surface area (Å²) >= 11 is 1.21. The molecule has 3 aromatic carbocycles. The number of amides is 1. The third-order valence-electron chi connectivity index (χ3n) is 5.80. The van der Waals surface area contributed by atoms with Crippen LogP contribution in [0.2, 0.25) is 0 Å². The highest BCUT2D eigenvalue weighted by atomic mass is 32.1. The van der Waals surface area contributed by atoms with Gasteiger partial charge in [-0.2, -0.15) is 9.50 Å². The van der Waals surface area contributed by atoms with Crippen molar-refractivity contribution in [3.63, 3.8) is 0 Å². The van der Waals surface area contributed by atoms with Crippen LogP contribution < -0.4 is 15.0 Å². The van der Waals surface area contributed by atoms with Gasteiger partial charge >= 0.3 is 0 Å². The highest BCUT2D eigenvalue weighted by molar-refractivity contribution is 7.15. The van der Waals surface area contributed by atoms with Crippen LogP contribution in [0.4, 0.5) is 5.69 Å². The van der Waals surface area contributed by atoms with Crippen molar-refractivity contribution in [2.75, 3.05) is 4.90 Å². The number of para-hydroxylation sites is 1. The molecule has 0 unspecified atom stereocenters. The zero-order valence-corrected chi connectivity index (χ0v) is 18.5. The van der Waals surface area contributed by atoms with E-state index in [1.165, 1.54) is 21.4 Å². The maximum absolute atomic E-state index is 13.6. The number of fused-ring (bicyclic) bond motifs is 2. The Morgan fingerprint density at radius 1 is 0.879 bits per heavy atom. The molecule has 3 heterocycles. The fourth-order valence-corrected chi connectivity index (χ4v) is 5.13.